The molecule has 9 nitrogen and oxygen atoms in total. The summed E-state index contributed by atoms with van der Waals surface area (Å²) in [6.45, 7) is 10.9. The van der Waals surface area contributed by atoms with Gasteiger partial charge in [-0.05, 0) is 19.4 Å². The van der Waals surface area contributed by atoms with Crippen molar-refractivity contribution in [3.05, 3.63) is 28.7 Å². The standard InChI is InChI=1S/C20H27N3O6S/c1-5-11-29-20(27)17-13(3)16(19(26)28-6-2)18(30-17)21-15(25)12-22-7-9-23(10-8-22)14(4)24/h5H,1,6-12H2,2-4H3,(H,21,25). The van der Waals surface area contributed by atoms with Gasteiger partial charge in [-0.3, -0.25) is 14.5 Å². The molecule has 2 heterocycles. The third-order valence-corrected chi connectivity index (χ3v) is 5.77. The number of hydrogen-bond acceptors (Lipinski definition) is 8. The van der Waals surface area contributed by atoms with Crippen molar-refractivity contribution < 1.29 is 28.7 Å². The van der Waals surface area contributed by atoms with Gasteiger partial charge in [0.2, 0.25) is 11.8 Å². The third-order valence-electron chi connectivity index (χ3n) is 4.58. The van der Waals surface area contributed by atoms with E-state index in [2.05, 4.69) is 11.9 Å². The second-order valence-electron chi connectivity index (χ2n) is 6.70. The van der Waals surface area contributed by atoms with Crippen LogP contribution in [-0.2, 0) is 19.1 Å². The maximum atomic E-state index is 12.6. The van der Waals surface area contributed by atoms with Gasteiger partial charge < -0.3 is 19.7 Å². The van der Waals surface area contributed by atoms with E-state index in [1.54, 1.807) is 18.7 Å². The lowest BCUT2D eigenvalue weighted by Gasteiger charge is -2.33. The summed E-state index contributed by atoms with van der Waals surface area (Å²) >= 11 is 0.980. The molecule has 164 valence electrons. The lowest BCUT2D eigenvalue weighted by molar-refractivity contribution is -0.130. The van der Waals surface area contributed by atoms with E-state index in [9.17, 15) is 19.2 Å². The number of amides is 2. The number of nitrogens with one attached hydrogen (secondary N) is 1. The van der Waals surface area contributed by atoms with E-state index in [0.29, 0.717) is 31.7 Å². The molecule has 0 aliphatic carbocycles. The molecule has 0 unspecified atom stereocenters. The number of thiophene rings is 1. The second-order valence-corrected chi connectivity index (χ2v) is 7.72. The molecule has 0 radical (unpaired) electrons. The number of hydrogen-bond donors (Lipinski definition) is 1. The summed E-state index contributed by atoms with van der Waals surface area (Å²) in [7, 11) is 0. The van der Waals surface area contributed by atoms with Crippen LogP contribution in [0.5, 0.6) is 0 Å². The van der Waals surface area contributed by atoms with Crippen LogP contribution in [-0.4, -0.2) is 79.5 Å². The van der Waals surface area contributed by atoms with Crippen LogP contribution in [0.4, 0.5) is 5.00 Å². The first-order valence-corrected chi connectivity index (χ1v) is 10.5. The van der Waals surface area contributed by atoms with Gasteiger partial charge in [0, 0.05) is 33.1 Å². The number of carbonyl (C=O) groups excluding carboxylic acids is 4. The fraction of sp³-hybridized carbons (Fsp3) is 0.500. The molecule has 1 fully saturated rings. The summed E-state index contributed by atoms with van der Waals surface area (Å²) in [5.74, 6) is -1.50. The van der Waals surface area contributed by atoms with E-state index in [1.165, 1.54) is 13.0 Å². The predicted molar refractivity (Wildman–Crippen MR) is 113 cm³/mol. The van der Waals surface area contributed by atoms with Crippen LogP contribution in [0.1, 0.15) is 39.4 Å². The van der Waals surface area contributed by atoms with Crippen molar-refractivity contribution in [2.75, 3.05) is 51.3 Å². The normalized spacial score (nSPS) is 14.2. The zero-order chi connectivity index (χ0) is 22.3. The topological polar surface area (TPSA) is 105 Å². The average molecular weight is 438 g/mol. The molecule has 30 heavy (non-hydrogen) atoms. The van der Waals surface area contributed by atoms with Crippen LogP contribution in [0.15, 0.2) is 12.7 Å². The Hall–Kier alpha value is -2.72. The molecule has 2 amide bonds. The fourth-order valence-electron chi connectivity index (χ4n) is 3.04. The Balaban J connectivity index is 2.13. The van der Waals surface area contributed by atoms with Crippen molar-refractivity contribution >= 4 is 40.1 Å². The van der Waals surface area contributed by atoms with Crippen molar-refractivity contribution in [3.63, 3.8) is 0 Å². The van der Waals surface area contributed by atoms with E-state index in [1.807, 2.05) is 4.90 Å². The molecule has 0 atom stereocenters. The minimum Gasteiger partial charge on any atom is -0.462 e. The number of rotatable bonds is 8. The Morgan fingerprint density at radius 3 is 2.37 bits per heavy atom. The summed E-state index contributed by atoms with van der Waals surface area (Å²) in [5.41, 5.74) is 0.556. The van der Waals surface area contributed by atoms with Crippen LogP contribution in [0.2, 0.25) is 0 Å². The second kappa shape index (κ2) is 10.9. The van der Waals surface area contributed by atoms with Gasteiger partial charge in [0.1, 0.15) is 16.5 Å². The predicted octanol–water partition coefficient (Wildman–Crippen LogP) is 1.68. The molecule has 0 spiro atoms. The summed E-state index contributed by atoms with van der Waals surface area (Å²) in [5, 5.41) is 2.99. The van der Waals surface area contributed by atoms with Gasteiger partial charge in [-0.15, -0.1) is 11.3 Å². The highest BCUT2D eigenvalue weighted by atomic mass is 32.1. The first-order valence-electron chi connectivity index (χ1n) is 9.64. The van der Waals surface area contributed by atoms with Gasteiger partial charge in [-0.25, -0.2) is 9.59 Å². The van der Waals surface area contributed by atoms with Gasteiger partial charge in [-0.2, -0.15) is 0 Å². The van der Waals surface area contributed by atoms with E-state index < -0.39 is 11.9 Å². The van der Waals surface area contributed by atoms with Gasteiger partial charge in [0.05, 0.1) is 18.7 Å². The number of carbonyl (C=O) groups is 4. The molecule has 0 bridgehead atoms. The van der Waals surface area contributed by atoms with Gasteiger partial charge >= 0.3 is 11.9 Å². The van der Waals surface area contributed by atoms with Crippen LogP contribution >= 0.6 is 11.3 Å². The molecule has 0 saturated carbocycles. The molecular weight excluding hydrogens is 410 g/mol. The number of nitrogens with zero attached hydrogens (tertiary/aromatic N) is 2. The highest BCUT2D eigenvalue weighted by Crippen LogP contribution is 2.34. The summed E-state index contributed by atoms with van der Waals surface area (Å²) in [6, 6.07) is 0. The quantitative estimate of drug-likeness (QED) is 0.487. The molecule has 1 N–H and O–H groups in total. The molecule has 1 aliphatic heterocycles. The SMILES string of the molecule is C=CCOC(=O)c1sc(NC(=O)CN2CCN(C(C)=O)CC2)c(C(=O)OCC)c1C. The van der Waals surface area contributed by atoms with Crippen molar-refractivity contribution in [2.24, 2.45) is 0 Å². The maximum Gasteiger partial charge on any atom is 0.348 e. The van der Waals surface area contributed by atoms with Gasteiger partial charge in [0.15, 0.2) is 0 Å². The third kappa shape index (κ3) is 5.90. The number of esters is 2. The molecule has 10 heteroatoms. The zero-order valence-electron chi connectivity index (χ0n) is 17.5. The van der Waals surface area contributed by atoms with Gasteiger partial charge in [0.25, 0.3) is 0 Å². The highest BCUT2D eigenvalue weighted by molar-refractivity contribution is 7.18. The van der Waals surface area contributed by atoms with Crippen LogP contribution in [0.3, 0.4) is 0 Å². The Bertz CT molecular complexity index is 827. The Labute approximate surface area is 179 Å². The summed E-state index contributed by atoms with van der Waals surface area (Å²) < 4.78 is 10.2. The van der Waals surface area contributed by atoms with Crippen molar-refractivity contribution in [1.29, 1.82) is 0 Å². The molecule has 2 rings (SSSR count). The number of ether oxygens (including phenoxy) is 2. The van der Waals surface area contributed by atoms with Crippen molar-refractivity contribution in [2.45, 2.75) is 20.8 Å². The monoisotopic (exact) mass is 437 g/mol. The van der Waals surface area contributed by atoms with Crippen molar-refractivity contribution in [1.82, 2.24) is 9.80 Å². The minimum absolute atomic E-state index is 0.0168. The van der Waals surface area contributed by atoms with Crippen LogP contribution in [0.25, 0.3) is 0 Å². The molecule has 0 aromatic carbocycles. The molecule has 1 aliphatic rings. The smallest absolute Gasteiger partial charge is 0.348 e. The Morgan fingerprint density at radius 1 is 1.13 bits per heavy atom. The zero-order valence-corrected chi connectivity index (χ0v) is 18.3. The highest BCUT2D eigenvalue weighted by Gasteiger charge is 2.28. The van der Waals surface area contributed by atoms with Crippen molar-refractivity contribution in [3.8, 4) is 0 Å². The van der Waals surface area contributed by atoms with E-state index >= 15 is 0 Å². The summed E-state index contributed by atoms with van der Waals surface area (Å²) in [4.78, 5) is 52.6. The fourth-order valence-corrected chi connectivity index (χ4v) is 4.14. The van der Waals surface area contributed by atoms with E-state index in [4.69, 9.17) is 9.47 Å². The van der Waals surface area contributed by atoms with E-state index in [0.717, 1.165) is 11.3 Å². The van der Waals surface area contributed by atoms with Crippen LogP contribution < -0.4 is 5.32 Å². The van der Waals surface area contributed by atoms with Gasteiger partial charge in [-0.1, -0.05) is 12.7 Å². The average Bonchev–Trinajstić information content (AvgIpc) is 3.02. The molecule has 1 aromatic heterocycles. The number of anilines is 1. The minimum atomic E-state index is -0.612. The maximum absolute atomic E-state index is 12.6. The molecular formula is C20H27N3O6S. The lowest BCUT2D eigenvalue weighted by atomic mass is 10.1. The lowest BCUT2D eigenvalue weighted by Crippen LogP contribution is -2.49. The number of piperazine rings is 1. The summed E-state index contributed by atoms with van der Waals surface area (Å²) in [6.07, 6.45) is 1.45. The first kappa shape index (κ1) is 23.6. The molecule has 1 saturated heterocycles. The largest absolute Gasteiger partial charge is 0.462 e. The Kier molecular flexibility index (Phi) is 8.55. The molecule has 1 aromatic rings. The van der Waals surface area contributed by atoms with E-state index in [-0.39, 0.29) is 47.0 Å². The Morgan fingerprint density at radius 2 is 1.80 bits per heavy atom. The van der Waals surface area contributed by atoms with Crippen LogP contribution in [0, 0.1) is 6.92 Å². The first-order chi connectivity index (χ1) is 14.3.